The summed E-state index contributed by atoms with van der Waals surface area (Å²) in [5, 5.41) is 26.3. The van der Waals surface area contributed by atoms with Crippen LogP contribution < -0.4 is 0 Å². The average molecular weight is 501 g/mol. The van der Waals surface area contributed by atoms with Crippen molar-refractivity contribution in [2.24, 2.45) is 0 Å². The van der Waals surface area contributed by atoms with Crippen molar-refractivity contribution in [3.63, 3.8) is 0 Å². The molecule has 0 unspecified atom stereocenters. The van der Waals surface area contributed by atoms with E-state index in [1.165, 1.54) is 108 Å². The van der Waals surface area contributed by atoms with Crippen LogP contribution in [-0.4, -0.2) is 0 Å². The van der Waals surface area contributed by atoms with Crippen LogP contribution in [0.4, 0.5) is 0 Å². The number of benzene rings is 10. The summed E-state index contributed by atoms with van der Waals surface area (Å²) in [7, 11) is 0. The first-order valence-electron chi connectivity index (χ1n) is 14.1. The van der Waals surface area contributed by atoms with Gasteiger partial charge in [-0.15, -0.1) is 0 Å². The van der Waals surface area contributed by atoms with E-state index in [2.05, 4.69) is 121 Å². The third-order valence-corrected chi connectivity index (χ3v) is 9.78. The lowest BCUT2D eigenvalue weighted by Gasteiger charge is -2.15. The molecule has 0 aliphatic heterocycles. The molecule has 11 aromatic carbocycles. The van der Waals surface area contributed by atoms with Crippen LogP contribution in [0.15, 0.2) is 121 Å². The zero-order valence-corrected chi connectivity index (χ0v) is 21.5. The number of rotatable bonds is 0. The summed E-state index contributed by atoms with van der Waals surface area (Å²) in [6, 6.07) is 47.0. The Morgan fingerprint density at radius 1 is 0.175 bits per heavy atom. The third-order valence-electron chi connectivity index (χ3n) is 9.78. The fourth-order valence-corrected chi connectivity index (χ4v) is 7.87. The van der Waals surface area contributed by atoms with Gasteiger partial charge >= 0.3 is 0 Å². The maximum Gasteiger partial charge on any atom is -0.00264 e. The van der Waals surface area contributed by atoms with Gasteiger partial charge in [0.15, 0.2) is 0 Å². The van der Waals surface area contributed by atoms with E-state index in [9.17, 15) is 0 Å². The van der Waals surface area contributed by atoms with Crippen LogP contribution in [0.5, 0.6) is 0 Å². The molecule has 0 saturated heterocycles. The Bertz CT molecular complexity index is 2460. The largest absolute Gasteiger partial charge is 0.0537 e. The minimum atomic E-state index is 1.30. The third kappa shape index (κ3) is 2.27. The second kappa shape index (κ2) is 6.50. The maximum atomic E-state index is 2.47. The van der Waals surface area contributed by atoms with E-state index in [1.807, 2.05) is 0 Å². The zero-order valence-electron chi connectivity index (χ0n) is 21.5. The lowest BCUT2D eigenvalue weighted by molar-refractivity contribution is 1.80. The highest BCUT2D eigenvalue weighted by molar-refractivity contribution is 6.30. The summed E-state index contributed by atoms with van der Waals surface area (Å²) in [5.41, 5.74) is 0. The van der Waals surface area contributed by atoms with Gasteiger partial charge in [0, 0.05) is 0 Å². The van der Waals surface area contributed by atoms with Crippen molar-refractivity contribution in [1.29, 1.82) is 0 Å². The number of hydrogen-bond donors (Lipinski definition) is 0. The second-order valence-electron chi connectivity index (χ2n) is 11.8. The van der Waals surface area contributed by atoms with Gasteiger partial charge in [-0.05, 0) is 156 Å². The Kier molecular flexibility index (Phi) is 3.22. The van der Waals surface area contributed by atoms with Crippen molar-refractivity contribution in [1.82, 2.24) is 0 Å². The van der Waals surface area contributed by atoms with Crippen LogP contribution in [0.1, 0.15) is 0 Å². The summed E-state index contributed by atoms with van der Waals surface area (Å²) >= 11 is 0. The van der Waals surface area contributed by atoms with Crippen LogP contribution in [-0.2, 0) is 0 Å². The Balaban J connectivity index is 1.57. The predicted molar refractivity (Wildman–Crippen MR) is 175 cm³/mol. The first-order valence-corrected chi connectivity index (χ1v) is 14.1. The minimum absolute atomic E-state index is 1.30. The average Bonchev–Trinajstić information content (AvgIpc) is 3.00. The molecule has 8 bridgehead atoms. The van der Waals surface area contributed by atoms with Crippen molar-refractivity contribution in [3.8, 4) is 0 Å². The molecular formula is C40H20. The van der Waals surface area contributed by atoms with E-state index in [1.54, 1.807) is 0 Å². The lowest BCUT2D eigenvalue weighted by atomic mass is 9.88. The van der Waals surface area contributed by atoms with Gasteiger partial charge in [0.05, 0.1) is 0 Å². The van der Waals surface area contributed by atoms with E-state index < -0.39 is 0 Å². The minimum Gasteiger partial charge on any atom is -0.0537 e. The summed E-state index contributed by atoms with van der Waals surface area (Å²) in [6.45, 7) is 0. The smallest absolute Gasteiger partial charge is 0.00264 e. The molecule has 0 radical (unpaired) electrons. The van der Waals surface area contributed by atoms with Gasteiger partial charge in [0.1, 0.15) is 0 Å². The van der Waals surface area contributed by atoms with Crippen LogP contribution in [0.25, 0.3) is 108 Å². The van der Waals surface area contributed by atoms with Crippen molar-refractivity contribution < 1.29 is 0 Å². The standard InChI is InChI=1S/C40H20/c1-5-27-13-23-9-10-25-15-29-7-3-22-4-8-30-16-26-12-11-24-14-28-6-2-21(1)39-35(27)17-31(23)33(25)19-37(29)40(22)38(30)20-34(26)32(24)18-36(28)39/h1-20H. The van der Waals surface area contributed by atoms with Gasteiger partial charge in [-0.2, -0.15) is 0 Å². The van der Waals surface area contributed by atoms with E-state index >= 15 is 0 Å². The van der Waals surface area contributed by atoms with Crippen LogP contribution in [0, 0.1) is 0 Å². The van der Waals surface area contributed by atoms with Crippen molar-refractivity contribution in [2.75, 3.05) is 0 Å². The monoisotopic (exact) mass is 500 g/mol. The van der Waals surface area contributed by atoms with Gasteiger partial charge in [-0.25, -0.2) is 0 Å². The molecule has 0 aliphatic rings. The molecule has 0 nitrogen and oxygen atoms in total. The van der Waals surface area contributed by atoms with Gasteiger partial charge in [-0.1, -0.05) is 72.8 Å². The highest BCUT2D eigenvalue weighted by Crippen LogP contribution is 2.42. The van der Waals surface area contributed by atoms with Gasteiger partial charge in [0.2, 0.25) is 0 Å². The second-order valence-corrected chi connectivity index (χ2v) is 11.8. The van der Waals surface area contributed by atoms with Crippen LogP contribution in [0.3, 0.4) is 0 Å². The Morgan fingerprint density at radius 2 is 0.375 bits per heavy atom. The number of hydrogen-bond acceptors (Lipinski definition) is 0. The van der Waals surface area contributed by atoms with Crippen LogP contribution >= 0.6 is 0 Å². The first-order chi connectivity index (χ1) is 19.8. The summed E-state index contributed by atoms with van der Waals surface area (Å²) in [5.74, 6) is 0. The summed E-state index contributed by atoms with van der Waals surface area (Å²) < 4.78 is 0. The van der Waals surface area contributed by atoms with E-state index in [4.69, 9.17) is 0 Å². The topological polar surface area (TPSA) is 0 Å². The molecule has 40 heavy (non-hydrogen) atoms. The molecule has 0 heteroatoms. The van der Waals surface area contributed by atoms with Crippen molar-refractivity contribution in [3.05, 3.63) is 121 Å². The lowest BCUT2D eigenvalue weighted by Crippen LogP contribution is -1.88. The summed E-state index contributed by atoms with van der Waals surface area (Å²) in [4.78, 5) is 0. The first kappa shape index (κ1) is 19.8. The predicted octanol–water partition coefficient (Wildman–Crippen LogP) is 11.5. The molecule has 11 rings (SSSR count). The van der Waals surface area contributed by atoms with Gasteiger partial charge < -0.3 is 0 Å². The van der Waals surface area contributed by atoms with Gasteiger partial charge in [0.25, 0.3) is 0 Å². The SMILES string of the molecule is c1cc2cc3ccc4ccc5cc6ccc7cc8ccc9ccc%10cc1c1cc%10c9c8cc7c6cc5c4c3cc21. The van der Waals surface area contributed by atoms with Crippen LogP contribution in [0.2, 0.25) is 0 Å². The Labute approximate surface area is 228 Å². The molecule has 0 aliphatic carbocycles. The Hall–Kier alpha value is -5.20. The molecule has 0 fully saturated rings. The fourth-order valence-electron chi connectivity index (χ4n) is 7.87. The Morgan fingerprint density at radius 3 is 0.625 bits per heavy atom. The fraction of sp³-hybridized carbons (Fsp3) is 0. The molecule has 0 amide bonds. The molecule has 0 N–H and O–H groups in total. The molecule has 11 aromatic rings. The van der Waals surface area contributed by atoms with Crippen molar-refractivity contribution >= 4 is 108 Å². The normalized spacial score (nSPS) is 13.0. The molecule has 0 atom stereocenters. The van der Waals surface area contributed by atoms with Gasteiger partial charge in [-0.3, -0.25) is 0 Å². The molecule has 0 aromatic heterocycles. The van der Waals surface area contributed by atoms with Crippen molar-refractivity contribution in [2.45, 2.75) is 0 Å². The van der Waals surface area contributed by atoms with E-state index in [0.29, 0.717) is 0 Å². The molecule has 0 saturated carbocycles. The molecular weight excluding hydrogens is 480 g/mol. The quantitative estimate of drug-likeness (QED) is 0.143. The maximum absolute atomic E-state index is 2.47. The molecule has 0 heterocycles. The molecule has 180 valence electrons. The van der Waals surface area contributed by atoms with E-state index in [-0.39, 0.29) is 0 Å². The highest BCUT2D eigenvalue weighted by atomic mass is 14.2. The highest BCUT2D eigenvalue weighted by Gasteiger charge is 2.14. The van der Waals surface area contributed by atoms with E-state index in [0.717, 1.165) is 0 Å². The zero-order chi connectivity index (χ0) is 25.7. The summed E-state index contributed by atoms with van der Waals surface area (Å²) in [6.07, 6.45) is 0. The molecule has 0 spiro atoms.